The highest BCUT2D eigenvalue weighted by Crippen LogP contribution is 2.19. The molecule has 1 heterocycles. The zero-order chi connectivity index (χ0) is 12.1. The Labute approximate surface area is 101 Å². The minimum absolute atomic E-state index is 0.725. The first-order chi connectivity index (χ1) is 8.29. The van der Waals surface area contributed by atoms with E-state index < -0.39 is 0 Å². The molecule has 0 bridgehead atoms. The summed E-state index contributed by atoms with van der Waals surface area (Å²) in [6.07, 6.45) is 2.23. The summed E-state index contributed by atoms with van der Waals surface area (Å²) in [6.45, 7) is 4.81. The Morgan fingerprint density at radius 1 is 1.24 bits per heavy atom. The number of aryl methyl sites for hydroxylation is 1. The van der Waals surface area contributed by atoms with Gasteiger partial charge in [-0.25, -0.2) is 4.98 Å². The van der Waals surface area contributed by atoms with Gasteiger partial charge in [-0.05, 0) is 37.6 Å². The second kappa shape index (κ2) is 5.48. The summed E-state index contributed by atoms with van der Waals surface area (Å²) in [5.74, 6) is 2.44. The fourth-order valence-electron chi connectivity index (χ4n) is 1.51. The molecular formula is C13H17N3O. The molecule has 0 radical (unpaired) electrons. The van der Waals surface area contributed by atoms with Gasteiger partial charge in [0.1, 0.15) is 11.6 Å². The Bertz CT molecular complexity index is 462. The summed E-state index contributed by atoms with van der Waals surface area (Å²) >= 11 is 0. The van der Waals surface area contributed by atoms with Crippen molar-refractivity contribution < 1.29 is 4.74 Å². The monoisotopic (exact) mass is 231 g/mol. The van der Waals surface area contributed by atoms with E-state index >= 15 is 0 Å². The SMILES string of the molecule is CCCCOc1ccc(-c2n[nH]c(C)n2)cc1. The van der Waals surface area contributed by atoms with Crippen LogP contribution < -0.4 is 4.74 Å². The van der Waals surface area contributed by atoms with Crippen LogP contribution in [0.4, 0.5) is 0 Å². The topological polar surface area (TPSA) is 50.8 Å². The summed E-state index contributed by atoms with van der Waals surface area (Å²) in [5.41, 5.74) is 0.997. The van der Waals surface area contributed by atoms with Gasteiger partial charge in [-0.2, -0.15) is 5.10 Å². The Morgan fingerprint density at radius 2 is 2.00 bits per heavy atom. The van der Waals surface area contributed by atoms with Gasteiger partial charge in [0.15, 0.2) is 5.82 Å². The quantitative estimate of drug-likeness (QED) is 0.805. The van der Waals surface area contributed by atoms with Crippen molar-refractivity contribution in [1.29, 1.82) is 0 Å². The van der Waals surface area contributed by atoms with Crippen molar-refractivity contribution in [3.63, 3.8) is 0 Å². The summed E-state index contributed by atoms with van der Waals surface area (Å²) in [4.78, 5) is 4.28. The van der Waals surface area contributed by atoms with E-state index in [-0.39, 0.29) is 0 Å². The first-order valence-corrected chi connectivity index (χ1v) is 5.92. The highest BCUT2D eigenvalue weighted by Gasteiger charge is 2.03. The minimum Gasteiger partial charge on any atom is -0.494 e. The molecule has 0 aliphatic heterocycles. The molecule has 90 valence electrons. The van der Waals surface area contributed by atoms with E-state index in [0.29, 0.717) is 0 Å². The summed E-state index contributed by atoms with van der Waals surface area (Å²) in [6, 6.07) is 7.86. The average molecular weight is 231 g/mol. The molecule has 1 N–H and O–H groups in total. The molecule has 0 spiro atoms. The first-order valence-electron chi connectivity index (χ1n) is 5.92. The first kappa shape index (κ1) is 11.6. The normalized spacial score (nSPS) is 10.5. The molecule has 0 saturated heterocycles. The Balaban J connectivity index is 2.02. The van der Waals surface area contributed by atoms with E-state index in [1.807, 2.05) is 31.2 Å². The zero-order valence-electron chi connectivity index (χ0n) is 10.2. The maximum atomic E-state index is 5.59. The molecule has 17 heavy (non-hydrogen) atoms. The number of unbranched alkanes of at least 4 members (excludes halogenated alkanes) is 1. The van der Waals surface area contributed by atoms with E-state index in [1.54, 1.807) is 0 Å². The lowest BCUT2D eigenvalue weighted by Crippen LogP contribution is -1.96. The second-order valence-electron chi connectivity index (χ2n) is 3.97. The number of benzene rings is 1. The van der Waals surface area contributed by atoms with Gasteiger partial charge < -0.3 is 4.74 Å². The zero-order valence-corrected chi connectivity index (χ0v) is 10.2. The van der Waals surface area contributed by atoms with Crippen LogP contribution in [0, 0.1) is 6.92 Å². The number of rotatable bonds is 5. The van der Waals surface area contributed by atoms with Crippen molar-refractivity contribution in [2.75, 3.05) is 6.61 Å². The fraction of sp³-hybridized carbons (Fsp3) is 0.385. The Hall–Kier alpha value is -1.84. The van der Waals surface area contributed by atoms with Crippen LogP contribution in [0.25, 0.3) is 11.4 Å². The van der Waals surface area contributed by atoms with Crippen LogP contribution >= 0.6 is 0 Å². The highest BCUT2D eigenvalue weighted by molar-refractivity contribution is 5.55. The Morgan fingerprint density at radius 3 is 2.59 bits per heavy atom. The number of aromatic nitrogens is 3. The maximum Gasteiger partial charge on any atom is 0.181 e. The third-order valence-corrected chi connectivity index (χ3v) is 2.48. The standard InChI is InChI=1S/C13H17N3O/c1-3-4-9-17-12-7-5-11(6-8-12)13-14-10(2)15-16-13/h5-8H,3-4,9H2,1-2H3,(H,14,15,16). The van der Waals surface area contributed by atoms with Crippen LogP contribution in [0.15, 0.2) is 24.3 Å². The number of hydrogen-bond acceptors (Lipinski definition) is 3. The van der Waals surface area contributed by atoms with Gasteiger partial charge in [-0.15, -0.1) is 0 Å². The molecule has 0 fully saturated rings. The molecular weight excluding hydrogens is 214 g/mol. The largest absolute Gasteiger partial charge is 0.494 e. The summed E-state index contributed by atoms with van der Waals surface area (Å²) in [7, 11) is 0. The number of ether oxygens (including phenoxy) is 1. The van der Waals surface area contributed by atoms with E-state index in [2.05, 4.69) is 22.1 Å². The van der Waals surface area contributed by atoms with Crippen molar-refractivity contribution in [1.82, 2.24) is 15.2 Å². The molecule has 0 aliphatic rings. The predicted molar refractivity (Wildman–Crippen MR) is 67.0 cm³/mol. The Kier molecular flexibility index (Phi) is 3.75. The van der Waals surface area contributed by atoms with Crippen LogP contribution in [0.5, 0.6) is 5.75 Å². The predicted octanol–water partition coefficient (Wildman–Crippen LogP) is 2.96. The van der Waals surface area contributed by atoms with Gasteiger partial charge >= 0.3 is 0 Å². The number of aromatic amines is 1. The highest BCUT2D eigenvalue weighted by atomic mass is 16.5. The smallest absolute Gasteiger partial charge is 0.181 e. The fourth-order valence-corrected chi connectivity index (χ4v) is 1.51. The maximum absolute atomic E-state index is 5.59. The van der Waals surface area contributed by atoms with Crippen molar-refractivity contribution in [2.45, 2.75) is 26.7 Å². The number of hydrogen-bond donors (Lipinski definition) is 1. The van der Waals surface area contributed by atoms with Gasteiger partial charge in [0.2, 0.25) is 0 Å². The second-order valence-corrected chi connectivity index (χ2v) is 3.97. The van der Waals surface area contributed by atoms with Crippen LogP contribution in [0.1, 0.15) is 25.6 Å². The molecule has 2 rings (SSSR count). The lowest BCUT2D eigenvalue weighted by Gasteiger charge is -2.05. The molecule has 4 nitrogen and oxygen atoms in total. The van der Waals surface area contributed by atoms with Gasteiger partial charge in [0.25, 0.3) is 0 Å². The summed E-state index contributed by atoms with van der Waals surface area (Å²) in [5, 5.41) is 6.95. The molecule has 1 aromatic heterocycles. The van der Waals surface area contributed by atoms with Crippen molar-refractivity contribution in [3.05, 3.63) is 30.1 Å². The van der Waals surface area contributed by atoms with Gasteiger partial charge in [-0.1, -0.05) is 13.3 Å². The minimum atomic E-state index is 0.725. The summed E-state index contributed by atoms with van der Waals surface area (Å²) < 4.78 is 5.59. The lowest BCUT2D eigenvalue weighted by atomic mass is 10.2. The van der Waals surface area contributed by atoms with E-state index in [4.69, 9.17) is 4.74 Å². The number of nitrogens with one attached hydrogen (secondary N) is 1. The molecule has 0 saturated carbocycles. The van der Waals surface area contributed by atoms with Crippen molar-refractivity contribution >= 4 is 0 Å². The molecule has 0 aliphatic carbocycles. The average Bonchev–Trinajstić information content (AvgIpc) is 2.77. The van der Waals surface area contributed by atoms with Crippen LogP contribution in [0.3, 0.4) is 0 Å². The van der Waals surface area contributed by atoms with E-state index in [9.17, 15) is 0 Å². The van der Waals surface area contributed by atoms with Crippen LogP contribution in [-0.4, -0.2) is 21.8 Å². The van der Waals surface area contributed by atoms with Crippen molar-refractivity contribution in [2.24, 2.45) is 0 Å². The molecule has 4 heteroatoms. The molecule has 0 amide bonds. The van der Waals surface area contributed by atoms with Crippen LogP contribution in [0.2, 0.25) is 0 Å². The van der Waals surface area contributed by atoms with Gasteiger partial charge in [-0.3, -0.25) is 5.10 Å². The molecule has 2 aromatic rings. The third-order valence-electron chi connectivity index (χ3n) is 2.48. The number of H-pyrrole nitrogens is 1. The molecule has 0 unspecified atom stereocenters. The third kappa shape index (κ3) is 3.06. The van der Waals surface area contributed by atoms with Gasteiger partial charge in [0.05, 0.1) is 6.61 Å². The lowest BCUT2D eigenvalue weighted by molar-refractivity contribution is 0.309. The van der Waals surface area contributed by atoms with Crippen LogP contribution in [-0.2, 0) is 0 Å². The molecule has 1 aromatic carbocycles. The van der Waals surface area contributed by atoms with E-state index in [0.717, 1.165) is 42.4 Å². The van der Waals surface area contributed by atoms with E-state index in [1.165, 1.54) is 0 Å². The molecule has 0 atom stereocenters. The van der Waals surface area contributed by atoms with Gasteiger partial charge in [0, 0.05) is 5.56 Å². The number of nitrogens with zero attached hydrogens (tertiary/aromatic N) is 2. The van der Waals surface area contributed by atoms with Crippen molar-refractivity contribution in [3.8, 4) is 17.1 Å².